The molecule has 33 heavy (non-hydrogen) atoms. The maximum atomic E-state index is 13.5. The zero-order valence-corrected chi connectivity index (χ0v) is 19.4. The number of anilines is 1. The van der Waals surface area contributed by atoms with Gasteiger partial charge >= 0.3 is 5.69 Å². The van der Waals surface area contributed by atoms with Crippen LogP contribution in [0.15, 0.2) is 53.3 Å². The molecule has 0 saturated carbocycles. The van der Waals surface area contributed by atoms with Gasteiger partial charge in [-0.05, 0) is 49.9 Å². The lowest BCUT2D eigenvalue weighted by Gasteiger charge is -2.38. The Morgan fingerprint density at radius 3 is 2.52 bits per heavy atom. The summed E-state index contributed by atoms with van der Waals surface area (Å²) in [5.74, 6) is 0.397. The summed E-state index contributed by atoms with van der Waals surface area (Å²) in [7, 11) is 0. The number of carbonyl (C=O) groups is 1. The number of para-hydroxylation sites is 1. The number of aryl methyl sites for hydroxylation is 2. The Morgan fingerprint density at radius 1 is 1.00 bits per heavy atom. The Balaban J connectivity index is 1.33. The molecule has 5 rings (SSSR count). The van der Waals surface area contributed by atoms with E-state index in [9.17, 15) is 9.59 Å². The summed E-state index contributed by atoms with van der Waals surface area (Å²) in [4.78, 5) is 30.8. The highest BCUT2D eigenvalue weighted by Crippen LogP contribution is 2.28. The summed E-state index contributed by atoms with van der Waals surface area (Å²) < 4.78 is 3.26. The van der Waals surface area contributed by atoms with Gasteiger partial charge in [0.05, 0.1) is 12.5 Å². The molecular formula is C26H31N5O2. The molecule has 1 aromatic heterocycles. The lowest BCUT2D eigenvalue weighted by molar-refractivity contribution is -0.133. The fourth-order valence-corrected chi connectivity index (χ4v) is 5.02. The van der Waals surface area contributed by atoms with E-state index in [1.54, 1.807) is 4.57 Å². The molecule has 3 aromatic rings. The first-order valence-electron chi connectivity index (χ1n) is 11.8. The van der Waals surface area contributed by atoms with Crippen LogP contribution in [-0.2, 0) is 17.9 Å². The second-order valence-electron chi connectivity index (χ2n) is 9.22. The Bertz CT molecular complexity index is 1210. The van der Waals surface area contributed by atoms with Gasteiger partial charge in [-0.1, -0.05) is 42.0 Å². The van der Waals surface area contributed by atoms with Crippen LogP contribution < -0.4 is 10.6 Å². The molecule has 0 radical (unpaired) electrons. The Labute approximate surface area is 194 Å². The van der Waals surface area contributed by atoms with Crippen molar-refractivity contribution in [3.8, 4) is 0 Å². The highest BCUT2D eigenvalue weighted by atomic mass is 16.2. The fourth-order valence-electron chi connectivity index (χ4n) is 5.02. The van der Waals surface area contributed by atoms with Crippen LogP contribution >= 0.6 is 0 Å². The monoisotopic (exact) mass is 445 g/mol. The van der Waals surface area contributed by atoms with Crippen molar-refractivity contribution in [1.82, 2.24) is 19.2 Å². The minimum atomic E-state index is -0.338. The standard InChI is InChI=1S/C26H31N5O2/c1-19-10-11-20(2)21(17-19)18-31-26(33)30-12-6-9-23(24(30)27-31)25(32)29-15-13-28(14-16-29)22-7-4-3-5-8-22/h3-5,7-8,10-11,17,23H,6,9,12-16,18H2,1-2H3. The van der Waals surface area contributed by atoms with Crippen LogP contribution in [0.5, 0.6) is 0 Å². The van der Waals surface area contributed by atoms with Crippen LogP contribution in [0.25, 0.3) is 0 Å². The SMILES string of the molecule is Cc1ccc(C)c(Cn2nc3n(c2=O)CCCC3C(=O)N2CCN(c3ccccc3)CC2)c1. The van der Waals surface area contributed by atoms with Crippen LogP contribution in [0, 0.1) is 13.8 Å². The van der Waals surface area contributed by atoms with Crippen LogP contribution in [0.1, 0.15) is 41.3 Å². The van der Waals surface area contributed by atoms with Gasteiger partial charge in [-0.25, -0.2) is 9.48 Å². The second-order valence-corrected chi connectivity index (χ2v) is 9.22. The third-order valence-corrected chi connectivity index (χ3v) is 6.97. The van der Waals surface area contributed by atoms with Crippen molar-refractivity contribution in [2.75, 3.05) is 31.1 Å². The molecule has 0 aliphatic carbocycles. The van der Waals surface area contributed by atoms with E-state index in [-0.39, 0.29) is 17.5 Å². The molecule has 0 bridgehead atoms. The average molecular weight is 446 g/mol. The van der Waals surface area contributed by atoms with Crippen LogP contribution in [0.4, 0.5) is 5.69 Å². The molecule has 2 aromatic carbocycles. The van der Waals surface area contributed by atoms with Crippen molar-refractivity contribution in [2.45, 2.75) is 45.7 Å². The summed E-state index contributed by atoms with van der Waals surface area (Å²) in [5, 5.41) is 4.69. The van der Waals surface area contributed by atoms with E-state index in [0.29, 0.717) is 32.0 Å². The third kappa shape index (κ3) is 4.19. The summed E-state index contributed by atoms with van der Waals surface area (Å²) in [6.45, 7) is 8.19. The number of carbonyl (C=O) groups excluding carboxylic acids is 1. The van der Waals surface area contributed by atoms with E-state index in [1.807, 2.05) is 23.1 Å². The lowest BCUT2D eigenvalue weighted by atomic mass is 9.97. The van der Waals surface area contributed by atoms with Crippen LogP contribution in [-0.4, -0.2) is 51.3 Å². The van der Waals surface area contributed by atoms with Gasteiger partial charge in [0.2, 0.25) is 5.91 Å². The van der Waals surface area contributed by atoms with Crippen molar-refractivity contribution >= 4 is 11.6 Å². The first kappa shape index (κ1) is 21.5. The first-order valence-corrected chi connectivity index (χ1v) is 11.8. The van der Waals surface area contributed by atoms with Gasteiger partial charge in [0.1, 0.15) is 5.82 Å². The number of benzene rings is 2. The number of piperazine rings is 1. The van der Waals surface area contributed by atoms with Crippen molar-refractivity contribution in [1.29, 1.82) is 0 Å². The summed E-state index contributed by atoms with van der Waals surface area (Å²) in [5.41, 5.74) is 4.48. The van der Waals surface area contributed by atoms with Gasteiger partial charge in [0.25, 0.3) is 0 Å². The number of nitrogens with zero attached hydrogens (tertiary/aromatic N) is 5. The third-order valence-electron chi connectivity index (χ3n) is 6.97. The van der Waals surface area contributed by atoms with Gasteiger partial charge in [0.15, 0.2) is 0 Å². The highest BCUT2D eigenvalue weighted by Gasteiger charge is 2.35. The zero-order chi connectivity index (χ0) is 22.9. The minimum Gasteiger partial charge on any atom is -0.368 e. The number of aromatic nitrogens is 3. The van der Waals surface area contributed by atoms with E-state index < -0.39 is 0 Å². The molecule has 172 valence electrons. The van der Waals surface area contributed by atoms with Crippen molar-refractivity contribution < 1.29 is 4.79 Å². The minimum absolute atomic E-state index is 0.104. The molecule has 2 aliphatic rings. The van der Waals surface area contributed by atoms with E-state index in [4.69, 9.17) is 0 Å². The topological polar surface area (TPSA) is 63.4 Å². The molecule has 0 N–H and O–H groups in total. The first-order chi connectivity index (χ1) is 16.0. The van der Waals surface area contributed by atoms with Gasteiger partial charge in [-0.3, -0.25) is 9.36 Å². The Morgan fingerprint density at radius 2 is 1.76 bits per heavy atom. The maximum Gasteiger partial charge on any atom is 0.346 e. The molecule has 2 aliphatic heterocycles. The predicted molar refractivity (Wildman–Crippen MR) is 129 cm³/mol. The molecule has 1 atom stereocenters. The molecule has 1 fully saturated rings. The van der Waals surface area contributed by atoms with Crippen molar-refractivity contribution in [2.24, 2.45) is 0 Å². The largest absolute Gasteiger partial charge is 0.368 e. The average Bonchev–Trinajstić information content (AvgIpc) is 3.17. The smallest absolute Gasteiger partial charge is 0.346 e. The molecule has 7 heteroatoms. The zero-order valence-electron chi connectivity index (χ0n) is 19.4. The number of hydrogen-bond acceptors (Lipinski definition) is 4. The molecular weight excluding hydrogens is 414 g/mol. The number of rotatable bonds is 4. The predicted octanol–water partition coefficient (Wildman–Crippen LogP) is 2.94. The van der Waals surface area contributed by atoms with E-state index >= 15 is 0 Å². The number of fused-ring (bicyclic) bond motifs is 1. The van der Waals surface area contributed by atoms with Crippen molar-refractivity contribution in [3.63, 3.8) is 0 Å². The Hall–Kier alpha value is -3.35. The van der Waals surface area contributed by atoms with Crippen LogP contribution in [0.2, 0.25) is 0 Å². The fraction of sp³-hybridized carbons (Fsp3) is 0.423. The van der Waals surface area contributed by atoms with Gasteiger partial charge in [0, 0.05) is 38.4 Å². The number of amides is 1. The summed E-state index contributed by atoms with van der Waals surface area (Å²) >= 11 is 0. The quantitative estimate of drug-likeness (QED) is 0.620. The normalized spacial score (nSPS) is 18.3. The highest BCUT2D eigenvalue weighted by molar-refractivity contribution is 5.83. The van der Waals surface area contributed by atoms with Crippen LogP contribution in [0.3, 0.4) is 0 Å². The summed E-state index contributed by atoms with van der Waals surface area (Å²) in [6.07, 6.45) is 1.57. The Kier molecular flexibility index (Phi) is 5.79. The van der Waals surface area contributed by atoms with E-state index in [2.05, 4.69) is 54.2 Å². The molecule has 7 nitrogen and oxygen atoms in total. The molecule has 3 heterocycles. The summed E-state index contributed by atoms with van der Waals surface area (Å²) in [6, 6.07) is 16.6. The molecule has 1 saturated heterocycles. The van der Waals surface area contributed by atoms with Crippen molar-refractivity contribution in [3.05, 3.63) is 81.5 Å². The lowest BCUT2D eigenvalue weighted by Crippen LogP contribution is -2.50. The molecule has 1 amide bonds. The van der Waals surface area contributed by atoms with Gasteiger partial charge < -0.3 is 9.80 Å². The number of hydrogen-bond donors (Lipinski definition) is 0. The molecule has 0 spiro atoms. The van der Waals surface area contributed by atoms with E-state index in [0.717, 1.165) is 42.6 Å². The maximum absolute atomic E-state index is 13.5. The molecule has 1 unspecified atom stereocenters. The second kappa shape index (κ2) is 8.89. The van der Waals surface area contributed by atoms with Gasteiger partial charge in [-0.2, -0.15) is 5.10 Å². The van der Waals surface area contributed by atoms with Gasteiger partial charge in [-0.15, -0.1) is 0 Å². The van der Waals surface area contributed by atoms with E-state index in [1.165, 1.54) is 10.4 Å².